The predicted octanol–water partition coefficient (Wildman–Crippen LogP) is 3.76. The molecule has 0 unspecified atom stereocenters. The molecular weight excluding hydrogens is 284 g/mol. The number of ether oxygens (including phenoxy) is 1. The molecule has 0 radical (unpaired) electrons. The second-order valence-corrected chi connectivity index (χ2v) is 6.12. The third-order valence-corrected chi connectivity index (χ3v) is 4.47. The summed E-state index contributed by atoms with van der Waals surface area (Å²) in [5.74, 6) is 0.972. The fraction of sp³-hybridized carbons (Fsp3) is 0.400. The van der Waals surface area contributed by atoms with E-state index in [1.165, 1.54) is 22.4 Å². The minimum absolute atomic E-state index is 0.896. The van der Waals surface area contributed by atoms with Crippen molar-refractivity contribution in [2.75, 3.05) is 25.1 Å². The summed E-state index contributed by atoms with van der Waals surface area (Å²) < 4.78 is 5.66. The van der Waals surface area contributed by atoms with E-state index in [1.807, 2.05) is 0 Å². The van der Waals surface area contributed by atoms with Crippen molar-refractivity contribution in [3.63, 3.8) is 0 Å². The van der Waals surface area contributed by atoms with Gasteiger partial charge in [-0.25, -0.2) is 0 Å². The molecular formula is C20H26N2O. The maximum Gasteiger partial charge on any atom is 0.142 e. The Labute approximate surface area is 139 Å². The van der Waals surface area contributed by atoms with E-state index < -0.39 is 0 Å². The van der Waals surface area contributed by atoms with Crippen molar-refractivity contribution in [2.24, 2.45) is 0 Å². The monoisotopic (exact) mass is 310 g/mol. The molecule has 0 saturated carbocycles. The predicted molar refractivity (Wildman–Crippen MR) is 96.2 cm³/mol. The van der Waals surface area contributed by atoms with Gasteiger partial charge in [0.15, 0.2) is 0 Å². The smallest absolute Gasteiger partial charge is 0.142 e. The molecule has 0 saturated heterocycles. The van der Waals surface area contributed by atoms with E-state index in [4.69, 9.17) is 4.74 Å². The highest BCUT2D eigenvalue weighted by atomic mass is 16.5. The van der Waals surface area contributed by atoms with Crippen LogP contribution in [0.1, 0.15) is 30.0 Å². The lowest BCUT2D eigenvalue weighted by Crippen LogP contribution is -2.30. The van der Waals surface area contributed by atoms with Gasteiger partial charge < -0.3 is 15.0 Å². The molecule has 1 aliphatic rings. The van der Waals surface area contributed by atoms with Gasteiger partial charge in [0.05, 0.1) is 12.8 Å². The van der Waals surface area contributed by atoms with Gasteiger partial charge in [0.25, 0.3) is 0 Å². The maximum absolute atomic E-state index is 5.66. The molecule has 1 heterocycles. The zero-order chi connectivity index (χ0) is 16.1. The van der Waals surface area contributed by atoms with E-state index in [9.17, 15) is 0 Å². The Balaban J connectivity index is 1.77. The number of benzene rings is 2. The minimum Gasteiger partial charge on any atom is -0.495 e. The topological polar surface area (TPSA) is 24.5 Å². The Morgan fingerprint density at radius 3 is 2.74 bits per heavy atom. The lowest BCUT2D eigenvalue weighted by atomic mass is 9.99. The Morgan fingerprint density at radius 1 is 1.13 bits per heavy atom. The van der Waals surface area contributed by atoms with Crippen LogP contribution in [-0.4, -0.2) is 20.2 Å². The molecule has 1 aliphatic heterocycles. The number of nitrogens with zero attached hydrogens (tertiary/aromatic N) is 1. The van der Waals surface area contributed by atoms with Gasteiger partial charge in [-0.2, -0.15) is 0 Å². The first-order chi connectivity index (χ1) is 11.3. The van der Waals surface area contributed by atoms with Gasteiger partial charge in [0.2, 0.25) is 0 Å². The van der Waals surface area contributed by atoms with E-state index in [-0.39, 0.29) is 0 Å². The number of hydrogen-bond acceptors (Lipinski definition) is 3. The van der Waals surface area contributed by atoms with Gasteiger partial charge in [-0.05, 0) is 48.2 Å². The van der Waals surface area contributed by atoms with E-state index in [2.05, 4.69) is 59.6 Å². The molecule has 122 valence electrons. The van der Waals surface area contributed by atoms with Crippen LogP contribution in [0.3, 0.4) is 0 Å². The van der Waals surface area contributed by atoms with E-state index in [0.29, 0.717) is 0 Å². The summed E-state index contributed by atoms with van der Waals surface area (Å²) in [6.45, 7) is 6.13. The molecule has 2 aromatic rings. The van der Waals surface area contributed by atoms with Gasteiger partial charge in [0.1, 0.15) is 5.75 Å². The first-order valence-corrected chi connectivity index (χ1v) is 8.51. The van der Waals surface area contributed by atoms with Crippen molar-refractivity contribution in [1.29, 1.82) is 0 Å². The molecule has 0 spiro atoms. The second kappa shape index (κ2) is 7.51. The quantitative estimate of drug-likeness (QED) is 0.822. The number of rotatable bonds is 6. The zero-order valence-corrected chi connectivity index (χ0v) is 14.1. The zero-order valence-electron chi connectivity index (χ0n) is 14.1. The highest BCUT2D eigenvalue weighted by Crippen LogP contribution is 2.33. The lowest BCUT2D eigenvalue weighted by Gasteiger charge is -2.32. The molecule has 2 aromatic carbocycles. The SMILES string of the molecule is CCCNCc1ccc(N2CCc3ccccc3C2)c(OC)c1. The second-order valence-electron chi connectivity index (χ2n) is 6.12. The van der Waals surface area contributed by atoms with Gasteiger partial charge in [0, 0.05) is 19.6 Å². The molecule has 0 fully saturated rings. The van der Waals surface area contributed by atoms with Crippen LogP contribution in [0, 0.1) is 0 Å². The van der Waals surface area contributed by atoms with Crippen LogP contribution in [-0.2, 0) is 19.5 Å². The van der Waals surface area contributed by atoms with E-state index in [1.54, 1.807) is 7.11 Å². The molecule has 0 aromatic heterocycles. The summed E-state index contributed by atoms with van der Waals surface area (Å²) in [5, 5.41) is 3.45. The molecule has 3 nitrogen and oxygen atoms in total. The summed E-state index contributed by atoms with van der Waals surface area (Å²) >= 11 is 0. The van der Waals surface area contributed by atoms with Crippen LogP contribution in [0.2, 0.25) is 0 Å². The Morgan fingerprint density at radius 2 is 1.96 bits per heavy atom. The molecule has 0 amide bonds. The number of methoxy groups -OCH3 is 1. The van der Waals surface area contributed by atoms with Crippen molar-refractivity contribution < 1.29 is 4.74 Å². The third-order valence-electron chi connectivity index (χ3n) is 4.47. The van der Waals surface area contributed by atoms with Crippen molar-refractivity contribution in [3.8, 4) is 5.75 Å². The average Bonchev–Trinajstić information content (AvgIpc) is 2.61. The summed E-state index contributed by atoms with van der Waals surface area (Å²) in [7, 11) is 1.76. The largest absolute Gasteiger partial charge is 0.495 e. The summed E-state index contributed by atoms with van der Waals surface area (Å²) in [6.07, 6.45) is 2.25. The minimum atomic E-state index is 0.896. The fourth-order valence-corrected chi connectivity index (χ4v) is 3.20. The molecule has 0 aliphatic carbocycles. The van der Waals surface area contributed by atoms with Crippen LogP contribution in [0.4, 0.5) is 5.69 Å². The highest BCUT2D eigenvalue weighted by Gasteiger charge is 2.19. The lowest BCUT2D eigenvalue weighted by molar-refractivity contribution is 0.413. The van der Waals surface area contributed by atoms with Crippen molar-refractivity contribution in [2.45, 2.75) is 32.9 Å². The first-order valence-electron chi connectivity index (χ1n) is 8.51. The first kappa shape index (κ1) is 15.9. The average molecular weight is 310 g/mol. The van der Waals surface area contributed by atoms with Crippen molar-refractivity contribution in [3.05, 3.63) is 59.2 Å². The number of hydrogen-bond donors (Lipinski definition) is 1. The van der Waals surface area contributed by atoms with Crippen molar-refractivity contribution in [1.82, 2.24) is 5.32 Å². The van der Waals surface area contributed by atoms with E-state index in [0.717, 1.165) is 44.8 Å². The number of nitrogens with one attached hydrogen (secondary N) is 1. The van der Waals surface area contributed by atoms with E-state index >= 15 is 0 Å². The molecule has 0 atom stereocenters. The van der Waals surface area contributed by atoms with Crippen LogP contribution in [0.15, 0.2) is 42.5 Å². The summed E-state index contributed by atoms with van der Waals surface area (Å²) in [4.78, 5) is 2.42. The maximum atomic E-state index is 5.66. The van der Waals surface area contributed by atoms with Crippen LogP contribution < -0.4 is 15.0 Å². The third kappa shape index (κ3) is 3.67. The van der Waals surface area contributed by atoms with Gasteiger partial charge in [-0.15, -0.1) is 0 Å². The molecule has 23 heavy (non-hydrogen) atoms. The highest BCUT2D eigenvalue weighted by molar-refractivity contribution is 5.61. The summed E-state index contributed by atoms with van der Waals surface area (Å²) in [5.41, 5.74) is 5.37. The fourth-order valence-electron chi connectivity index (χ4n) is 3.20. The Bertz CT molecular complexity index is 654. The van der Waals surface area contributed by atoms with Gasteiger partial charge >= 0.3 is 0 Å². The molecule has 0 bridgehead atoms. The Kier molecular flexibility index (Phi) is 5.19. The molecule has 3 heteroatoms. The normalized spacial score (nSPS) is 13.7. The molecule has 1 N–H and O–H groups in total. The standard InChI is InChI=1S/C20H26N2O/c1-3-11-21-14-16-8-9-19(20(13-16)23-2)22-12-10-17-6-4-5-7-18(17)15-22/h4-9,13,21H,3,10-12,14-15H2,1-2H3. The van der Waals surface area contributed by atoms with Crippen LogP contribution in [0.5, 0.6) is 5.75 Å². The van der Waals surface area contributed by atoms with Gasteiger partial charge in [-0.1, -0.05) is 37.3 Å². The van der Waals surface area contributed by atoms with Crippen LogP contribution in [0.25, 0.3) is 0 Å². The molecule has 3 rings (SSSR count). The van der Waals surface area contributed by atoms with Gasteiger partial charge in [-0.3, -0.25) is 0 Å². The number of anilines is 1. The van der Waals surface area contributed by atoms with Crippen LogP contribution >= 0.6 is 0 Å². The number of fused-ring (bicyclic) bond motifs is 1. The summed E-state index contributed by atoms with van der Waals surface area (Å²) in [6, 6.07) is 15.3. The Hall–Kier alpha value is -2.00. The van der Waals surface area contributed by atoms with Crippen molar-refractivity contribution >= 4 is 5.69 Å².